The summed E-state index contributed by atoms with van der Waals surface area (Å²) in [5, 5.41) is 0. The summed E-state index contributed by atoms with van der Waals surface area (Å²) in [5.41, 5.74) is 1.08. The Labute approximate surface area is 111 Å². The maximum absolute atomic E-state index is 5.82. The molecule has 3 heteroatoms. The van der Waals surface area contributed by atoms with Gasteiger partial charge >= 0.3 is 0 Å². The lowest BCUT2D eigenvalue weighted by Crippen LogP contribution is -1.97. The van der Waals surface area contributed by atoms with Gasteiger partial charge in [-0.25, -0.2) is 0 Å². The minimum atomic E-state index is 0.508. The third-order valence-electron chi connectivity index (χ3n) is 2.43. The van der Waals surface area contributed by atoms with Gasteiger partial charge in [-0.2, -0.15) is 0 Å². The van der Waals surface area contributed by atoms with Gasteiger partial charge in [0.15, 0.2) is 0 Å². The van der Waals surface area contributed by atoms with Crippen LogP contribution in [0.2, 0.25) is 0 Å². The van der Waals surface area contributed by atoms with E-state index < -0.39 is 0 Å². The highest BCUT2D eigenvalue weighted by atomic mass is 79.9. The van der Waals surface area contributed by atoms with Gasteiger partial charge in [0, 0.05) is 10.4 Å². The van der Waals surface area contributed by atoms with E-state index in [2.05, 4.69) is 22.9 Å². The summed E-state index contributed by atoms with van der Waals surface area (Å²) in [7, 11) is 0. The Kier molecular flexibility index (Phi) is 6.90. The van der Waals surface area contributed by atoms with Crippen molar-refractivity contribution in [3.8, 4) is 5.75 Å². The van der Waals surface area contributed by atoms with E-state index in [1.165, 1.54) is 19.3 Å². The van der Waals surface area contributed by atoms with Crippen LogP contribution in [0.1, 0.15) is 38.2 Å². The Balaban J connectivity index is 2.36. The molecule has 0 amide bonds. The molecule has 0 fully saturated rings. The molecule has 1 aromatic carbocycles. The van der Waals surface area contributed by atoms with Crippen LogP contribution in [0, 0.1) is 0 Å². The van der Waals surface area contributed by atoms with Crippen molar-refractivity contribution < 1.29 is 4.74 Å². The molecule has 0 bridgehead atoms. The highest BCUT2D eigenvalue weighted by molar-refractivity contribution is 9.10. The number of rotatable bonds is 7. The van der Waals surface area contributed by atoms with Gasteiger partial charge in [-0.1, -0.05) is 42.1 Å². The molecule has 1 rings (SSSR count). The average molecular weight is 306 g/mol. The molecule has 0 N–H and O–H groups in total. The molecule has 0 aliphatic heterocycles. The number of alkyl halides is 1. The highest BCUT2D eigenvalue weighted by Crippen LogP contribution is 2.24. The molecule has 0 spiro atoms. The first-order valence-electron chi connectivity index (χ1n) is 5.75. The van der Waals surface area contributed by atoms with Gasteiger partial charge in [0.2, 0.25) is 0 Å². The molecule has 16 heavy (non-hydrogen) atoms. The largest absolute Gasteiger partial charge is 0.494 e. The van der Waals surface area contributed by atoms with E-state index in [1.807, 2.05) is 18.2 Å². The number of unbranched alkanes of at least 4 members (excludes halogenated alkanes) is 3. The summed E-state index contributed by atoms with van der Waals surface area (Å²) in [5.74, 6) is 1.42. The van der Waals surface area contributed by atoms with Crippen molar-refractivity contribution in [2.45, 2.75) is 38.5 Å². The average Bonchev–Trinajstić information content (AvgIpc) is 2.31. The van der Waals surface area contributed by atoms with Crippen LogP contribution in [0.4, 0.5) is 0 Å². The first-order valence-corrected chi connectivity index (χ1v) is 7.08. The predicted octanol–water partition coefficient (Wildman–Crippen LogP) is 5.15. The summed E-state index contributed by atoms with van der Waals surface area (Å²) in [6, 6.07) is 5.95. The minimum absolute atomic E-state index is 0.508. The fourth-order valence-electron chi connectivity index (χ4n) is 1.46. The second-order valence-corrected chi connectivity index (χ2v) is 4.92. The lowest BCUT2D eigenvalue weighted by atomic mass is 10.2. The van der Waals surface area contributed by atoms with Gasteiger partial charge in [-0.3, -0.25) is 0 Å². The summed E-state index contributed by atoms with van der Waals surface area (Å²) in [6.07, 6.45) is 4.92. The van der Waals surface area contributed by atoms with Crippen LogP contribution in [0.5, 0.6) is 5.75 Å². The second-order valence-electron chi connectivity index (χ2n) is 3.80. The molecule has 90 valence electrons. The van der Waals surface area contributed by atoms with Crippen LogP contribution in [0.15, 0.2) is 22.7 Å². The number of hydrogen-bond acceptors (Lipinski definition) is 1. The third-order valence-corrected chi connectivity index (χ3v) is 3.49. The molecule has 0 saturated carbocycles. The van der Waals surface area contributed by atoms with Gasteiger partial charge in [0.25, 0.3) is 0 Å². The van der Waals surface area contributed by atoms with Gasteiger partial charge in [0.1, 0.15) is 5.75 Å². The smallest absolute Gasteiger partial charge is 0.119 e. The lowest BCUT2D eigenvalue weighted by molar-refractivity contribution is 0.305. The van der Waals surface area contributed by atoms with Gasteiger partial charge < -0.3 is 4.74 Å². The van der Waals surface area contributed by atoms with Crippen LogP contribution in [-0.4, -0.2) is 6.61 Å². The van der Waals surface area contributed by atoms with Crippen LogP contribution >= 0.6 is 27.5 Å². The van der Waals surface area contributed by atoms with E-state index >= 15 is 0 Å². The van der Waals surface area contributed by atoms with Crippen LogP contribution in [0.3, 0.4) is 0 Å². The lowest BCUT2D eigenvalue weighted by Gasteiger charge is -2.08. The van der Waals surface area contributed by atoms with Gasteiger partial charge in [0.05, 0.1) is 6.61 Å². The van der Waals surface area contributed by atoms with Crippen molar-refractivity contribution in [1.82, 2.24) is 0 Å². The first kappa shape index (κ1) is 13.9. The summed E-state index contributed by atoms with van der Waals surface area (Å²) >= 11 is 9.27. The molecule has 0 unspecified atom stereocenters. The zero-order chi connectivity index (χ0) is 11.8. The second kappa shape index (κ2) is 7.97. The number of hydrogen-bond donors (Lipinski definition) is 0. The quantitative estimate of drug-likeness (QED) is 0.500. The number of ether oxygens (including phenoxy) is 1. The molecule has 0 atom stereocenters. The zero-order valence-corrected chi connectivity index (χ0v) is 12.0. The van der Waals surface area contributed by atoms with Crippen molar-refractivity contribution in [3.63, 3.8) is 0 Å². The minimum Gasteiger partial charge on any atom is -0.494 e. The molecular weight excluding hydrogens is 287 g/mol. The zero-order valence-electron chi connectivity index (χ0n) is 9.64. The Morgan fingerprint density at radius 2 is 2.06 bits per heavy atom. The van der Waals surface area contributed by atoms with E-state index in [1.54, 1.807) is 0 Å². The normalized spacial score (nSPS) is 10.4. The van der Waals surface area contributed by atoms with Crippen LogP contribution < -0.4 is 4.74 Å². The van der Waals surface area contributed by atoms with E-state index in [0.717, 1.165) is 28.8 Å². The van der Waals surface area contributed by atoms with Gasteiger partial charge in [-0.05, 0) is 30.2 Å². The van der Waals surface area contributed by atoms with E-state index in [0.29, 0.717) is 5.88 Å². The van der Waals surface area contributed by atoms with Crippen LogP contribution in [-0.2, 0) is 5.88 Å². The summed E-state index contributed by atoms with van der Waals surface area (Å²) in [4.78, 5) is 0. The standard InChI is InChI=1S/C13H18BrClO/c1-2-3-4-5-8-16-12-6-7-13(14)11(9-12)10-15/h6-7,9H,2-5,8,10H2,1H3. The molecule has 1 nitrogen and oxygen atoms in total. The predicted molar refractivity (Wildman–Crippen MR) is 73.3 cm³/mol. The summed E-state index contributed by atoms with van der Waals surface area (Å²) in [6.45, 7) is 3.01. The Bertz CT molecular complexity index is 315. The molecule has 1 aromatic rings. The van der Waals surface area contributed by atoms with E-state index in [4.69, 9.17) is 16.3 Å². The van der Waals surface area contributed by atoms with E-state index in [-0.39, 0.29) is 0 Å². The maximum Gasteiger partial charge on any atom is 0.119 e. The number of benzene rings is 1. The molecule has 0 aromatic heterocycles. The van der Waals surface area contributed by atoms with Crippen molar-refractivity contribution in [3.05, 3.63) is 28.2 Å². The Hall–Kier alpha value is -0.210. The Morgan fingerprint density at radius 1 is 1.25 bits per heavy atom. The van der Waals surface area contributed by atoms with Gasteiger partial charge in [-0.15, -0.1) is 11.6 Å². The maximum atomic E-state index is 5.82. The van der Waals surface area contributed by atoms with Crippen molar-refractivity contribution in [2.75, 3.05) is 6.61 Å². The molecule has 0 radical (unpaired) electrons. The van der Waals surface area contributed by atoms with Crippen molar-refractivity contribution in [1.29, 1.82) is 0 Å². The highest BCUT2D eigenvalue weighted by Gasteiger charge is 2.01. The fraction of sp³-hybridized carbons (Fsp3) is 0.538. The molecule has 0 aliphatic carbocycles. The monoisotopic (exact) mass is 304 g/mol. The first-order chi connectivity index (χ1) is 7.77. The van der Waals surface area contributed by atoms with Crippen molar-refractivity contribution >= 4 is 27.5 Å². The Morgan fingerprint density at radius 3 is 2.75 bits per heavy atom. The molecule has 0 saturated heterocycles. The SMILES string of the molecule is CCCCCCOc1ccc(Br)c(CCl)c1. The molecule has 0 heterocycles. The van der Waals surface area contributed by atoms with Crippen molar-refractivity contribution in [2.24, 2.45) is 0 Å². The number of halogens is 2. The molecular formula is C13H18BrClO. The summed E-state index contributed by atoms with van der Waals surface area (Å²) < 4.78 is 6.71. The van der Waals surface area contributed by atoms with E-state index in [9.17, 15) is 0 Å². The fourth-order valence-corrected chi connectivity index (χ4v) is 2.23. The molecule has 0 aliphatic rings. The third kappa shape index (κ3) is 4.75. The van der Waals surface area contributed by atoms with Crippen LogP contribution in [0.25, 0.3) is 0 Å². The topological polar surface area (TPSA) is 9.23 Å².